The molecule has 3 atom stereocenters. The number of nitrogens with one attached hydrogen (secondary N) is 1. The van der Waals surface area contributed by atoms with E-state index in [1.54, 1.807) is 0 Å². The molecule has 1 saturated heterocycles. The van der Waals surface area contributed by atoms with Crippen LogP contribution in [0.1, 0.15) is 50.5 Å². The second kappa shape index (κ2) is 5.07. The Balaban J connectivity index is 1.32. The van der Waals surface area contributed by atoms with Crippen LogP contribution in [0.2, 0.25) is 0 Å². The van der Waals surface area contributed by atoms with Crippen LogP contribution in [0.25, 0.3) is 0 Å². The standard InChI is InChI=1S/C20H26N2O/c23-19-20(16-7-3-4-8-17(16)21-19)9-11-22(12-10-20)18-13-14-5-1-2-6-15(14)18/h3-4,7-8,14-15,18H,1-2,5-6,9-13H2,(H,21,23). The van der Waals surface area contributed by atoms with E-state index in [9.17, 15) is 4.79 Å². The average molecular weight is 310 g/mol. The first-order valence-corrected chi connectivity index (χ1v) is 9.43. The summed E-state index contributed by atoms with van der Waals surface area (Å²) < 4.78 is 0. The molecule has 5 rings (SSSR count). The number of carbonyl (C=O) groups excluding carboxylic acids is 1. The number of benzene rings is 1. The van der Waals surface area contributed by atoms with Gasteiger partial charge < -0.3 is 5.32 Å². The molecular weight excluding hydrogens is 284 g/mol. The molecule has 3 unspecified atom stereocenters. The zero-order valence-corrected chi connectivity index (χ0v) is 13.8. The van der Waals surface area contributed by atoms with Gasteiger partial charge >= 0.3 is 0 Å². The predicted molar refractivity (Wildman–Crippen MR) is 91.4 cm³/mol. The molecule has 4 aliphatic rings. The molecule has 1 spiro atoms. The third kappa shape index (κ3) is 1.95. The lowest BCUT2D eigenvalue weighted by Gasteiger charge is -2.54. The van der Waals surface area contributed by atoms with Crippen molar-refractivity contribution in [1.29, 1.82) is 0 Å². The van der Waals surface area contributed by atoms with E-state index < -0.39 is 0 Å². The number of hydrogen-bond acceptors (Lipinski definition) is 2. The highest BCUT2D eigenvalue weighted by molar-refractivity contribution is 6.06. The summed E-state index contributed by atoms with van der Waals surface area (Å²) in [6.07, 6.45) is 9.20. The quantitative estimate of drug-likeness (QED) is 0.860. The molecule has 0 aromatic heterocycles. The summed E-state index contributed by atoms with van der Waals surface area (Å²) >= 11 is 0. The Bertz CT molecular complexity index is 632. The van der Waals surface area contributed by atoms with Gasteiger partial charge in [0.1, 0.15) is 0 Å². The van der Waals surface area contributed by atoms with Crippen molar-refractivity contribution in [1.82, 2.24) is 4.90 Å². The number of carbonyl (C=O) groups is 1. The normalized spacial score (nSPS) is 35.3. The first kappa shape index (κ1) is 14.0. The summed E-state index contributed by atoms with van der Waals surface area (Å²) in [7, 11) is 0. The molecule has 122 valence electrons. The van der Waals surface area contributed by atoms with Gasteiger partial charge in [0, 0.05) is 11.7 Å². The van der Waals surface area contributed by atoms with Gasteiger partial charge in [0.05, 0.1) is 5.41 Å². The monoisotopic (exact) mass is 310 g/mol. The summed E-state index contributed by atoms with van der Waals surface area (Å²) in [6, 6.07) is 9.12. The van der Waals surface area contributed by atoms with Gasteiger partial charge in [-0.25, -0.2) is 0 Å². The molecule has 1 amide bonds. The van der Waals surface area contributed by atoms with Crippen molar-refractivity contribution in [3.63, 3.8) is 0 Å². The Kier molecular flexibility index (Phi) is 3.09. The van der Waals surface area contributed by atoms with Crippen molar-refractivity contribution in [3.05, 3.63) is 29.8 Å². The lowest BCUT2D eigenvalue weighted by molar-refractivity contribution is -0.123. The summed E-state index contributed by atoms with van der Waals surface area (Å²) in [5.74, 6) is 2.21. The largest absolute Gasteiger partial charge is 0.325 e. The Morgan fingerprint density at radius 1 is 1.09 bits per heavy atom. The van der Waals surface area contributed by atoms with Crippen molar-refractivity contribution in [3.8, 4) is 0 Å². The number of fused-ring (bicyclic) bond motifs is 3. The molecule has 3 nitrogen and oxygen atoms in total. The smallest absolute Gasteiger partial charge is 0.235 e. The summed E-state index contributed by atoms with van der Waals surface area (Å²) in [4.78, 5) is 15.4. The molecule has 1 N–H and O–H groups in total. The molecular formula is C20H26N2O. The van der Waals surface area contributed by atoms with Gasteiger partial charge in [0.15, 0.2) is 0 Å². The highest BCUT2D eigenvalue weighted by Gasteiger charge is 2.51. The van der Waals surface area contributed by atoms with E-state index in [2.05, 4.69) is 22.3 Å². The first-order chi connectivity index (χ1) is 11.3. The van der Waals surface area contributed by atoms with Crippen molar-refractivity contribution in [2.24, 2.45) is 11.8 Å². The lowest BCUT2D eigenvalue weighted by atomic mass is 9.61. The van der Waals surface area contributed by atoms with E-state index in [1.165, 1.54) is 37.7 Å². The van der Waals surface area contributed by atoms with Crippen LogP contribution in [0.5, 0.6) is 0 Å². The zero-order valence-electron chi connectivity index (χ0n) is 13.8. The molecule has 1 aromatic carbocycles. The number of amides is 1. The molecule has 3 heteroatoms. The Labute approximate surface area is 138 Å². The predicted octanol–water partition coefficient (Wildman–Crippen LogP) is 3.55. The number of rotatable bonds is 1. The van der Waals surface area contributed by atoms with Gasteiger partial charge in [0.25, 0.3) is 0 Å². The minimum absolute atomic E-state index is 0.238. The second-order valence-corrected chi connectivity index (χ2v) is 8.13. The number of likely N-dealkylation sites (tertiary alicyclic amines) is 1. The zero-order chi connectivity index (χ0) is 15.4. The Hall–Kier alpha value is -1.35. The van der Waals surface area contributed by atoms with E-state index in [0.29, 0.717) is 0 Å². The molecule has 0 radical (unpaired) electrons. The number of hydrogen-bond donors (Lipinski definition) is 1. The molecule has 23 heavy (non-hydrogen) atoms. The topological polar surface area (TPSA) is 32.3 Å². The van der Waals surface area contributed by atoms with Crippen LogP contribution >= 0.6 is 0 Å². The van der Waals surface area contributed by atoms with Crippen LogP contribution in [-0.4, -0.2) is 29.9 Å². The van der Waals surface area contributed by atoms with Crippen molar-refractivity contribution < 1.29 is 4.79 Å². The number of para-hydroxylation sites is 1. The van der Waals surface area contributed by atoms with Gasteiger partial charge in [-0.1, -0.05) is 37.5 Å². The van der Waals surface area contributed by atoms with Crippen LogP contribution < -0.4 is 5.32 Å². The fourth-order valence-corrected chi connectivity index (χ4v) is 5.85. The third-order valence-electron chi connectivity index (χ3n) is 7.25. The maximum atomic E-state index is 12.7. The molecule has 3 fully saturated rings. The first-order valence-electron chi connectivity index (χ1n) is 9.43. The van der Waals surface area contributed by atoms with E-state index in [-0.39, 0.29) is 11.3 Å². The fraction of sp³-hybridized carbons (Fsp3) is 0.650. The molecule has 2 aliphatic heterocycles. The third-order valence-corrected chi connectivity index (χ3v) is 7.25. The van der Waals surface area contributed by atoms with Gasteiger partial charge in [-0.05, 0) is 62.2 Å². The minimum Gasteiger partial charge on any atom is -0.325 e. The van der Waals surface area contributed by atoms with Crippen LogP contribution in [0, 0.1) is 11.8 Å². The van der Waals surface area contributed by atoms with E-state index >= 15 is 0 Å². The van der Waals surface area contributed by atoms with Crippen LogP contribution in [0.15, 0.2) is 24.3 Å². The molecule has 1 aromatic rings. The summed E-state index contributed by atoms with van der Waals surface area (Å²) in [5, 5.41) is 3.12. The maximum Gasteiger partial charge on any atom is 0.235 e. The van der Waals surface area contributed by atoms with Crippen LogP contribution in [0.4, 0.5) is 5.69 Å². The van der Waals surface area contributed by atoms with Gasteiger partial charge in [-0.15, -0.1) is 0 Å². The van der Waals surface area contributed by atoms with Gasteiger partial charge in [-0.3, -0.25) is 9.69 Å². The van der Waals surface area contributed by atoms with Gasteiger partial charge in [0.2, 0.25) is 5.91 Å². The van der Waals surface area contributed by atoms with Crippen LogP contribution in [0.3, 0.4) is 0 Å². The molecule has 2 heterocycles. The van der Waals surface area contributed by atoms with Crippen molar-refractivity contribution in [2.45, 2.75) is 56.4 Å². The average Bonchev–Trinajstić information content (AvgIpc) is 2.83. The number of nitrogens with zero attached hydrogens (tertiary/aromatic N) is 1. The molecule has 2 aliphatic carbocycles. The fourth-order valence-electron chi connectivity index (χ4n) is 5.85. The van der Waals surface area contributed by atoms with E-state index in [4.69, 9.17) is 0 Å². The van der Waals surface area contributed by atoms with E-state index in [1.807, 2.05) is 12.1 Å². The van der Waals surface area contributed by atoms with Crippen LogP contribution in [-0.2, 0) is 10.2 Å². The summed E-state index contributed by atoms with van der Waals surface area (Å²) in [5.41, 5.74) is 2.04. The van der Waals surface area contributed by atoms with Crippen molar-refractivity contribution in [2.75, 3.05) is 18.4 Å². The number of piperidine rings is 1. The minimum atomic E-state index is -0.247. The number of anilines is 1. The Morgan fingerprint density at radius 3 is 2.70 bits per heavy atom. The van der Waals surface area contributed by atoms with E-state index in [0.717, 1.165) is 49.5 Å². The van der Waals surface area contributed by atoms with Crippen molar-refractivity contribution >= 4 is 11.6 Å². The Morgan fingerprint density at radius 2 is 1.87 bits per heavy atom. The SMILES string of the molecule is O=C1Nc2ccccc2C12CCN(C1CC3CCCCC31)CC2. The lowest BCUT2D eigenvalue weighted by Crippen LogP contribution is -2.58. The second-order valence-electron chi connectivity index (χ2n) is 8.13. The highest BCUT2D eigenvalue weighted by Crippen LogP contribution is 2.50. The molecule has 2 saturated carbocycles. The van der Waals surface area contributed by atoms with Gasteiger partial charge in [-0.2, -0.15) is 0 Å². The maximum absolute atomic E-state index is 12.7. The molecule has 0 bridgehead atoms. The highest BCUT2D eigenvalue weighted by atomic mass is 16.2. The summed E-state index contributed by atoms with van der Waals surface area (Å²) in [6.45, 7) is 2.19.